The van der Waals surface area contributed by atoms with Crippen molar-refractivity contribution in [2.75, 3.05) is 0 Å². The number of nitrogens with two attached hydrogens (primary N) is 1. The molecule has 19 heavy (non-hydrogen) atoms. The van der Waals surface area contributed by atoms with Crippen LogP contribution in [-0.4, -0.2) is 12.1 Å². The summed E-state index contributed by atoms with van der Waals surface area (Å²) in [4.78, 5) is 0. The van der Waals surface area contributed by atoms with Crippen LogP contribution in [0.5, 0.6) is 5.75 Å². The van der Waals surface area contributed by atoms with Gasteiger partial charge in [-0.2, -0.15) is 0 Å². The van der Waals surface area contributed by atoms with Gasteiger partial charge in [0.1, 0.15) is 11.9 Å². The first-order valence-corrected chi connectivity index (χ1v) is 7.15. The van der Waals surface area contributed by atoms with Crippen molar-refractivity contribution < 1.29 is 4.74 Å². The molecule has 0 aliphatic heterocycles. The molecule has 0 saturated heterocycles. The van der Waals surface area contributed by atoms with Gasteiger partial charge in [0.05, 0.1) is 0 Å². The van der Waals surface area contributed by atoms with Gasteiger partial charge in [0.25, 0.3) is 0 Å². The number of hydrogen-bond donors (Lipinski definition) is 1. The van der Waals surface area contributed by atoms with Gasteiger partial charge in [-0.05, 0) is 43.0 Å². The largest absolute Gasteiger partial charge is 0.488 e. The van der Waals surface area contributed by atoms with Crippen molar-refractivity contribution in [3.8, 4) is 5.75 Å². The third kappa shape index (κ3) is 4.24. The molecule has 0 aromatic heterocycles. The summed E-state index contributed by atoms with van der Waals surface area (Å²) in [5.74, 6) is 1.46. The first kappa shape index (κ1) is 16.0. The monoisotopic (exact) mass is 263 g/mol. The third-order valence-corrected chi connectivity index (χ3v) is 3.46. The quantitative estimate of drug-likeness (QED) is 0.881. The number of aryl methyl sites for hydroxylation is 1. The van der Waals surface area contributed by atoms with Gasteiger partial charge < -0.3 is 10.5 Å². The summed E-state index contributed by atoms with van der Waals surface area (Å²) in [5, 5.41) is 0. The van der Waals surface area contributed by atoms with Gasteiger partial charge in [-0.25, -0.2) is 0 Å². The highest BCUT2D eigenvalue weighted by atomic mass is 16.5. The average molecular weight is 263 g/mol. The minimum absolute atomic E-state index is 0.00471. The second kappa shape index (κ2) is 5.96. The standard InChI is InChI=1S/C17H29NO/c1-11(2)15-9-8-14(10-12(15)3)19-16(13(4)18)17(5,6)7/h8-11,13,16H,18H2,1-7H3. The Balaban J connectivity index is 2.96. The van der Waals surface area contributed by atoms with E-state index in [2.05, 4.69) is 59.7 Å². The number of rotatable bonds is 4. The average Bonchev–Trinajstić information content (AvgIpc) is 2.23. The van der Waals surface area contributed by atoms with Gasteiger partial charge in [-0.1, -0.05) is 40.7 Å². The molecule has 2 atom stereocenters. The Morgan fingerprint density at radius 1 is 1.11 bits per heavy atom. The Bertz CT molecular complexity index is 416. The predicted octanol–water partition coefficient (Wildman–Crippen LogP) is 4.26. The molecule has 1 aromatic rings. The lowest BCUT2D eigenvalue weighted by Gasteiger charge is -2.34. The van der Waals surface area contributed by atoms with Crippen LogP contribution < -0.4 is 10.5 Å². The van der Waals surface area contributed by atoms with Crippen LogP contribution in [0.3, 0.4) is 0 Å². The van der Waals surface area contributed by atoms with E-state index in [-0.39, 0.29) is 17.6 Å². The molecule has 0 heterocycles. The SMILES string of the molecule is Cc1cc(OC(C(C)N)C(C)(C)C)ccc1C(C)C. The molecule has 1 aromatic carbocycles. The summed E-state index contributed by atoms with van der Waals surface area (Å²) in [5.41, 5.74) is 8.75. The zero-order chi connectivity index (χ0) is 14.8. The Kier molecular flexibility index (Phi) is 5.03. The predicted molar refractivity (Wildman–Crippen MR) is 82.8 cm³/mol. The summed E-state index contributed by atoms with van der Waals surface area (Å²) in [6, 6.07) is 6.35. The van der Waals surface area contributed by atoms with E-state index in [4.69, 9.17) is 10.5 Å². The van der Waals surface area contributed by atoms with Crippen molar-refractivity contribution >= 4 is 0 Å². The van der Waals surface area contributed by atoms with Crippen molar-refractivity contribution in [2.24, 2.45) is 11.1 Å². The van der Waals surface area contributed by atoms with Crippen molar-refractivity contribution in [1.29, 1.82) is 0 Å². The summed E-state index contributed by atoms with van der Waals surface area (Å²) in [6.45, 7) is 15.1. The second-order valence-electron chi connectivity index (χ2n) is 6.94. The van der Waals surface area contributed by atoms with Crippen LogP contribution in [0.4, 0.5) is 0 Å². The maximum absolute atomic E-state index is 6.13. The zero-order valence-electron chi connectivity index (χ0n) is 13.4. The van der Waals surface area contributed by atoms with E-state index in [1.165, 1.54) is 11.1 Å². The number of hydrogen-bond acceptors (Lipinski definition) is 2. The van der Waals surface area contributed by atoms with Crippen molar-refractivity contribution in [3.63, 3.8) is 0 Å². The second-order valence-corrected chi connectivity index (χ2v) is 6.94. The van der Waals surface area contributed by atoms with Crippen molar-refractivity contribution in [1.82, 2.24) is 0 Å². The topological polar surface area (TPSA) is 35.2 Å². The van der Waals surface area contributed by atoms with Crippen molar-refractivity contribution in [3.05, 3.63) is 29.3 Å². The maximum Gasteiger partial charge on any atom is 0.120 e. The molecule has 2 heteroatoms. The molecule has 0 saturated carbocycles. The molecule has 0 fully saturated rings. The van der Waals surface area contributed by atoms with Crippen LogP contribution in [0.15, 0.2) is 18.2 Å². The molecular formula is C17H29NO. The molecule has 2 unspecified atom stereocenters. The van der Waals surface area contributed by atoms with Crippen LogP contribution in [0.25, 0.3) is 0 Å². The van der Waals surface area contributed by atoms with E-state index in [1.54, 1.807) is 0 Å². The molecule has 0 bridgehead atoms. The van der Waals surface area contributed by atoms with Crippen LogP contribution >= 0.6 is 0 Å². The van der Waals surface area contributed by atoms with Crippen LogP contribution in [0, 0.1) is 12.3 Å². The molecule has 0 aliphatic carbocycles. The molecule has 0 radical (unpaired) electrons. The molecule has 2 nitrogen and oxygen atoms in total. The Morgan fingerprint density at radius 3 is 2.05 bits per heavy atom. The normalized spacial score (nSPS) is 15.4. The Hall–Kier alpha value is -1.02. The molecule has 108 valence electrons. The number of benzene rings is 1. The summed E-state index contributed by atoms with van der Waals surface area (Å²) < 4.78 is 6.13. The molecule has 0 amide bonds. The van der Waals surface area contributed by atoms with Crippen LogP contribution in [0.1, 0.15) is 58.6 Å². The summed E-state index contributed by atoms with van der Waals surface area (Å²) in [6.07, 6.45) is 0.0109. The minimum atomic E-state index is 0.00471. The highest BCUT2D eigenvalue weighted by molar-refractivity contribution is 5.36. The minimum Gasteiger partial charge on any atom is -0.488 e. The lowest BCUT2D eigenvalue weighted by atomic mass is 9.85. The summed E-state index contributed by atoms with van der Waals surface area (Å²) in [7, 11) is 0. The molecule has 0 aliphatic rings. The molecule has 0 spiro atoms. The molecule has 2 N–H and O–H groups in total. The smallest absolute Gasteiger partial charge is 0.120 e. The highest BCUT2D eigenvalue weighted by Gasteiger charge is 2.30. The zero-order valence-corrected chi connectivity index (χ0v) is 13.4. The number of ether oxygens (including phenoxy) is 1. The van der Waals surface area contributed by atoms with Crippen molar-refractivity contribution in [2.45, 2.75) is 66.5 Å². The maximum atomic E-state index is 6.13. The van der Waals surface area contributed by atoms with Gasteiger partial charge in [0, 0.05) is 11.5 Å². The van der Waals surface area contributed by atoms with Gasteiger partial charge >= 0.3 is 0 Å². The van der Waals surface area contributed by atoms with Gasteiger partial charge in [0.2, 0.25) is 0 Å². The van der Waals surface area contributed by atoms with E-state index in [0.717, 1.165) is 5.75 Å². The van der Waals surface area contributed by atoms with Crippen LogP contribution in [0.2, 0.25) is 0 Å². The first-order chi connectivity index (χ1) is 8.62. The third-order valence-electron chi connectivity index (χ3n) is 3.46. The first-order valence-electron chi connectivity index (χ1n) is 7.15. The van der Waals surface area contributed by atoms with E-state index in [0.29, 0.717) is 5.92 Å². The van der Waals surface area contributed by atoms with E-state index < -0.39 is 0 Å². The van der Waals surface area contributed by atoms with E-state index in [9.17, 15) is 0 Å². The fourth-order valence-electron chi connectivity index (χ4n) is 2.59. The van der Waals surface area contributed by atoms with E-state index in [1.807, 2.05) is 6.92 Å². The Labute approximate surface area is 118 Å². The fraction of sp³-hybridized carbons (Fsp3) is 0.647. The fourth-order valence-corrected chi connectivity index (χ4v) is 2.59. The van der Waals surface area contributed by atoms with Crippen LogP contribution in [-0.2, 0) is 0 Å². The van der Waals surface area contributed by atoms with Gasteiger partial charge in [-0.15, -0.1) is 0 Å². The molecular weight excluding hydrogens is 234 g/mol. The lowest BCUT2D eigenvalue weighted by Crippen LogP contribution is -2.45. The van der Waals surface area contributed by atoms with Gasteiger partial charge in [0.15, 0.2) is 0 Å². The molecule has 1 rings (SSSR count). The van der Waals surface area contributed by atoms with E-state index >= 15 is 0 Å². The Morgan fingerprint density at radius 2 is 1.68 bits per heavy atom. The lowest BCUT2D eigenvalue weighted by molar-refractivity contribution is 0.0683. The summed E-state index contributed by atoms with van der Waals surface area (Å²) >= 11 is 0. The highest BCUT2D eigenvalue weighted by Crippen LogP contribution is 2.29. The van der Waals surface area contributed by atoms with Gasteiger partial charge in [-0.3, -0.25) is 0 Å².